The minimum absolute atomic E-state index is 0.149. The molecule has 0 radical (unpaired) electrons. The Morgan fingerprint density at radius 1 is 1.10 bits per heavy atom. The average molecular weight is 293 g/mol. The molecule has 5 unspecified atom stereocenters. The summed E-state index contributed by atoms with van der Waals surface area (Å²) in [7, 11) is 2.26. The van der Waals surface area contributed by atoms with Gasteiger partial charge in [-0.2, -0.15) is 0 Å². The van der Waals surface area contributed by atoms with E-state index in [0.29, 0.717) is 24.0 Å². The van der Waals surface area contributed by atoms with Crippen molar-refractivity contribution in [2.45, 2.75) is 82.5 Å². The Labute approximate surface area is 128 Å². The summed E-state index contributed by atoms with van der Waals surface area (Å²) >= 11 is 0. The van der Waals surface area contributed by atoms with Gasteiger partial charge in [-0.1, -0.05) is 13.3 Å². The first-order chi connectivity index (χ1) is 10.0. The highest BCUT2D eigenvalue weighted by atomic mass is 16.1. The van der Waals surface area contributed by atoms with Crippen LogP contribution < -0.4 is 11.1 Å². The molecule has 3 aliphatic rings. The van der Waals surface area contributed by atoms with Crippen LogP contribution >= 0.6 is 0 Å². The maximum absolute atomic E-state index is 12.5. The number of nitrogens with two attached hydrogens (primary N) is 1. The first kappa shape index (κ1) is 15.3. The molecule has 1 aliphatic carbocycles. The molecule has 0 aromatic heterocycles. The summed E-state index contributed by atoms with van der Waals surface area (Å²) in [5.41, 5.74) is 6.15. The summed E-state index contributed by atoms with van der Waals surface area (Å²) < 4.78 is 0. The SMILES string of the molecule is CC1CCC(C(=O)NC2CC3CCCC(C2)N3C)CC1N. The summed E-state index contributed by atoms with van der Waals surface area (Å²) in [4.78, 5) is 15.1. The van der Waals surface area contributed by atoms with Gasteiger partial charge in [0.15, 0.2) is 0 Å². The fourth-order valence-corrected chi connectivity index (χ4v) is 4.65. The first-order valence-corrected chi connectivity index (χ1v) is 8.82. The third-order valence-corrected chi connectivity index (χ3v) is 6.32. The second-order valence-electron chi connectivity index (χ2n) is 7.73. The fraction of sp³-hybridized carbons (Fsp3) is 0.941. The molecule has 1 amide bonds. The molecule has 2 aliphatic heterocycles. The van der Waals surface area contributed by atoms with Gasteiger partial charge in [0.2, 0.25) is 5.91 Å². The Hall–Kier alpha value is -0.610. The van der Waals surface area contributed by atoms with Gasteiger partial charge < -0.3 is 16.0 Å². The predicted octanol–water partition coefficient (Wildman–Crippen LogP) is 1.88. The Bertz CT molecular complexity index is 372. The van der Waals surface area contributed by atoms with Crippen LogP contribution in [0.3, 0.4) is 0 Å². The lowest BCUT2D eigenvalue weighted by Crippen LogP contribution is -2.56. The van der Waals surface area contributed by atoms with Gasteiger partial charge in [-0.15, -0.1) is 0 Å². The molecule has 0 aromatic rings. The zero-order valence-corrected chi connectivity index (χ0v) is 13.6. The number of rotatable bonds is 2. The standard InChI is InChI=1S/C17H31N3O/c1-11-6-7-12(8-16(11)18)17(21)19-13-9-14-4-3-5-15(10-13)20(14)2/h11-16H,3-10,18H2,1-2H3,(H,19,21). The molecule has 3 rings (SSSR count). The van der Waals surface area contributed by atoms with E-state index in [4.69, 9.17) is 5.73 Å². The summed E-state index contributed by atoms with van der Waals surface area (Å²) in [6.07, 6.45) is 9.19. The van der Waals surface area contributed by atoms with Crippen molar-refractivity contribution < 1.29 is 4.79 Å². The fourth-order valence-electron chi connectivity index (χ4n) is 4.65. The maximum atomic E-state index is 12.5. The number of carbonyl (C=O) groups excluding carboxylic acids is 1. The highest BCUT2D eigenvalue weighted by molar-refractivity contribution is 5.79. The van der Waals surface area contributed by atoms with Crippen LogP contribution in [0.1, 0.15) is 58.3 Å². The molecule has 2 bridgehead atoms. The smallest absolute Gasteiger partial charge is 0.223 e. The molecule has 3 N–H and O–H groups in total. The lowest BCUT2D eigenvalue weighted by atomic mass is 9.78. The molecule has 21 heavy (non-hydrogen) atoms. The van der Waals surface area contributed by atoms with Crippen molar-refractivity contribution in [3.8, 4) is 0 Å². The largest absolute Gasteiger partial charge is 0.353 e. The van der Waals surface area contributed by atoms with Gasteiger partial charge in [-0.25, -0.2) is 0 Å². The van der Waals surface area contributed by atoms with E-state index in [2.05, 4.69) is 24.2 Å². The van der Waals surface area contributed by atoms with Crippen molar-refractivity contribution in [3.05, 3.63) is 0 Å². The lowest BCUT2D eigenvalue weighted by Gasteiger charge is -2.47. The maximum Gasteiger partial charge on any atom is 0.223 e. The van der Waals surface area contributed by atoms with Gasteiger partial charge >= 0.3 is 0 Å². The van der Waals surface area contributed by atoms with Crippen molar-refractivity contribution in [2.24, 2.45) is 17.6 Å². The van der Waals surface area contributed by atoms with E-state index in [-0.39, 0.29) is 17.9 Å². The van der Waals surface area contributed by atoms with Gasteiger partial charge in [0.1, 0.15) is 0 Å². The molecule has 5 atom stereocenters. The molecule has 0 aromatic carbocycles. The molecule has 4 heteroatoms. The number of carbonyl (C=O) groups is 1. The van der Waals surface area contributed by atoms with Crippen molar-refractivity contribution in [1.29, 1.82) is 0 Å². The second-order valence-corrected chi connectivity index (χ2v) is 7.73. The zero-order chi connectivity index (χ0) is 15.0. The van der Waals surface area contributed by atoms with E-state index in [0.717, 1.165) is 32.1 Å². The molecule has 3 fully saturated rings. The van der Waals surface area contributed by atoms with Gasteiger partial charge in [-0.3, -0.25) is 4.79 Å². The minimum atomic E-state index is 0.149. The van der Waals surface area contributed by atoms with Gasteiger partial charge in [-0.05, 0) is 57.9 Å². The number of amides is 1. The summed E-state index contributed by atoms with van der Waals surface area (Å²) in [6, 6.07) is 1.94. The van der Waals surface area contributed by atoms with E-state index >= 15 is 0 Å². The molecule has 4 nitrogen and oxygen atoms in total. The summed E-state index contributed by atoms with van der Waals surface area (Å²) in [5, 5.41) is 3.35. The Morgan fingerprint density at radius 3 is 2.38 bits per heavy atom. The van der Waals surface area contributed by atoms with E-state index in [1.165, 1.54) is 19.3 Å². The van der Waals surface area contributed by atoms with Crippen molar-refractivity contribution in [3.63, 3.8) is 0 Å². The van der Waals surface area contributed by atoms with Crippen molar-refractivity contribution in [2.75, 3.05) is 7.05 Å². The first-order valence-electron chi connectivity index (χ1n) is 8.82. The molecule has 2 heterocycles. The molecule has 0 spiro atoms. The number of fused-ring (bicyclic) bond motifs is 2. The van der Waals surface area contributed by atoms with Crippen LogP contribution in [0.15, 0.2) is 0 Å². The Balaban J connectivity index is 1.53. The molecular weight excluding hydrogens is 262 g/mol. The van der Waals surface area contributed by atoms with E-state index < -0.39 is 0 Å². The van der Waals surface area contributed by atoms with E-state index in [1.807, 2.05) is 0 Å². The second kappa shape index (κ2) is 6.25. The van der Waals surface area contributed by atoms with Crippen LogP contribution in [0.25, 0.3) is 0 Å². The molecular formula is C17H31N3O. The third kappa shape index (κ3) is 3.26. The summed E-state index contributed by atoms with van der Waals surface area (Å²) in [6.45, 7) is 2.21. The van der Waals surface area contributed by atoms with Crippen LogP contribution in [0.5, 0.6) is 0 Å². The van der Waals surface area contributed by atoms with Gasteiger partial charge in [0.05, 0.1) is 0 Å². The van der Waals surface area contributed by atoms with Crippen LogP contribution in [0.2, 0.25) is 0 Å². The molecule has 2 saturated heterocycles. The van der Waals surface area contributed by atoms with Crippen LogP contribution in [-0.4, -0.2) is 42.0 Å². The molecule has 1 saturated carbocycles. The normalized spacial score (nSPS) is 44.3. The molecule has 120 valence electrons. The Kier molecular flexibility index (Phi) is 4.55. The number of hydrogen-bond donors (Lipinski definition) is 2. The Morgan fingerprint density at radius 2 is 1.76 bits per heavy atom. The van der Waals surface area contributed by atoms with Gasteiger partial charge in [0, 0.05) is 30.1 Å². The van der Waals surface area contributed by atoms with E-state index in [1.54, 1.807) is 0 Å². The van der Waals surface area contributed by atoms with Crippen LogP contribution in [-0.2, 0) is 4.79 Å². The summed E-state index contributed by atoms with van der Waals surface area (Å²) in [5.74, 6) is 0.984. The number of nitrogens with one attached hydrogen (secondary N) is 1. The average Bonchev–Trinajstić information content (AvgIpc) is 2.43. The zero-order valence-electron chi connectivity index (χ0n) is 13.6. The number of hydrogen-bond acceptors (Lipinski definition) is 3. The minimum Gasteiger partial charge on any atom is -0.353 e. The van der Waals surface area contributed by atoms with Gasteiger partial charge in [0.25, 0.3) is 0 Å². The quantitative estimate of drug-likeness (QED) is 0.817. The lowest BCUT2D eigenvalue weighted by molar-refractivity contribution is -0.128. The van der Waals surface area contributed by atoms with Crippen LogP contribution in [0, 0.1) is 11.8 Å². The highest BCUT2D eigenvalue weighted by Gasteiger charge is 2.37. The third-order valence-electron chi connectivity index (χ3n) is 6.32. The van der Waals surface area contributed by atoms with E-state index in [9.17, 15) is 4.79 Å². The number of piperidine rings is 2. The topological polar surface area (TPSA) is 58.4 Å². The number of nitrogens with zero attached hydrogens (tertiary/aromatic N) is 1. The van der Waals surface area contributed by atoms with Crippen molar-refractivity contribution >= 4 is 5.91 Å². The predicted molar refractivity (Wildman–Crippen MR) is 84.8 cm³/mol. The van der Waals surface area contributed by atoms with Crippen LogP contribution in [0.4, 0.5) is 0 Å². The van der Waals surface area contributed by atoms with Crippen molar-refractivity contribution in [1.82, 2.24) is 10.2 Å². The highest BCUT2D eigenvalue weighted by Crippen LogP contribution is 2.33. The monoisotopic (exact) mass is 293 g/mol.